The molecule has 3 rings (SSSR count). The zero-order valence-electron chi connectivity index (χ0n) is 12.8. The van der Waals surface area contributed by atoms with Crippen LogP contribution in [0.25, 0.3) is 0 Å². The van der Waals surface area contributed by atoms with E-state index in [9.17, 15) is 0 Å². The molecule has 0 unspecified atom stereocenters. The molecule has 2 heterocycles. The Morgan fingerprint density at radius 2 is 1.96 bits per heavy atom. The molecule has 0 radical (unpaired) electrons. The van der Waals surface area contributed by atoms with E-state index in [4.69, 9.17) is 23.8 Å². The topological polar surface area (TPSA) is 27.3 Å². The van der Waals surface area contributed by atoms with Crippen molar-refractivity contribution in [2.45, 2.75) is 18.9 Å². The fraction of sp³-hybridized carbons (Fsp3) is 0.353. The number of hydrogen-bond acceptors (Lipinski definition) is 3. The van der Waals surface area contributed by atoms with E-state index in [2.05, 4.69) is 33.0 Å². The molecule has 122 valence electrons. The van der Waals surface area contributed by atoms with Gasteiger partial charge in [0.05, 0.1) is 6.04 Å². The van der Waals surface area contributed by atoms with Crippen molar-refractivity contribution in [1.82, 2.24) is 10.2 Å². The number of rotatable bonds is 5. The second kappa shape index (κ2) is 8.11. The average molecular weight is 366 g/mol. The number of benzene rings is 1. The Kier molecular flexibility index (Phi) is 5.89. The monoisotopic (exact) mass is 365 g/mol. The molecule has 2 N–H and O–H groups in total. The number of thiophene rings is 1. The minimum Gasteiger partial charge on any atom is -0.360 e. The molecule has 2 aromatic rings. The van der Waals surface area contributed by atoms with E-state index in [0.717, 1.165) is 17.3 Å². The van der Waals surface area contributed by atoms with Gasteiger partial charge in [-0.1, -0.05) is 17.7 Å². The molecule has 23 heavy (non-hydrogen) atoms. The highest BCUT2D eigenvalue weighted by atomic mass is 35.5. The molecule has 0 bridgehead atoms. The molecule has 3 nitrogen and oxygen atoms in total. The lowest BCUT2D eigenvalue weighted by molar-refractivity contribution is 0.249. The summed E-state index contributed by atoms with van der Waals surface area (Å²) in [7, 11) is 0. The SMILES string of the molecule is S=C(NC[C@H](c1cccs1)N1CCCC1)Nc1ccc(Cl)cc1. The third-order valence-electron chi connectivity index (χ3n) is 4.01. The van der Waals surface area contributed by atoms with Crippen LogP contribution in [-0.4, -0.2) is 29.6 Å². The highest BCUT2D eigenvalue weighted by Gasteiger charge is 2.24. The summed E-state index contributed by atoms with van der Waals surface area (Å²) in [6, 6.07) is 12.3. The summed E-state index contributed by atoms with van der Waals surface area (Å²) in [5.74, 6) is 0. The number of thiocarbonyl (C=S) groups is 1. The Morgan fingerprint density at radius 1 is 1.22 bits per heavy atom. The molecule has 1 aliphatic heterocycles. The van der Waals surface area contributed by atoms with Crippen molar-refractivity contribution in [3.05, 3.63) is 51.7 Å². The summed E-state index contributed by atoms with van der Waals surface area (Å²) in [6.45, 7) is 3.16. The third kappa shape index (κ3) is 4.67. The van der Waals surface area contributed by atoms with Crippen molar-refractivity contribution in [2.24, 2.45) is 0 Å². The lowest BCUT2D eigenvalue weighted by atomic mass is 10.2. The first kappa shape index (κ1) is 16.7. The molecular formula is C17H20ClN3S2. The third-order valence-corrected chi connectivity index (χ3v) is 5.48. The van der Waals surface area contributed by atoms with Crippen LogP contribution in [0.15, 0.2) is 41.8 Å². The van der Waals surface area contributed by atoms with Gasteiger partial charge in [-0.05, 0) is 73.9 Å². The van der Waals surface area contributed by atoms with Crippen LogP contribution in [-0.2, 0) is 0 Å². The van der Waals surface area contributed by atoms with Gasteiger partial charge in [-0.2, -0.15) is 0 Å². The van der Waals surface area contributed by atoms with Gasteiger partial charge in [-0.25, -0.2) is 0 Å². The van der Waals surface area contributed by atoms with Crippen molar-refractivity contribution in [2.75, 3.05) is 25.0 Å². The quantitative estimate of drug-likeness (QED) is 0.761. The van der Waals surface area contributed by atoms with Crippen LogP contribution in [0.1, 0.15) is 23.8 Å². The highest BCUT2D eigenvalue weighted by molar-refractivity contribution is 7.80. The molecule has 1 aromatic heterocycles. The van der Waals surface area contributed by atoms with E-state index >= 15 is 0 Å². The zero-order valence-corrected chi connectivity index (χ0v) is 15.2. The second-order valence-corrected chi connectivity index (χ2v) is 7.44. The standard InChI is InChI=1S/C17H20ClN3S2/c18-13-5-7-14(8-6-13)20-17(22)19-12-15(16-4-3-11-23-16)21-9-1-2-10-21/h3-8,11,15H,1-2,9-10,12H2,(H2,19,20,22)/t15-/m1/s1. The highest BCUT2D eigenvalue weighted by Crippen LogP contribution is 2.27. The number of nitrogens with one attached hydrogen (secondary N) is 2. The van der Waals surface area contributed by atoms with Gasteiger partial charge < -0.3 is 10.6 Å². The summed E-state index contributed by atoms with van der Waals surface area (Å²) in [5.41, 5.74) is 0.945. The minimum absolute atomic E-state index is 0.391. The first-order chi connectivity index (χ1) is 11.2. The van der Waals surface area contributed by atoms with E-state index < -0.39 is 0 Å². The van der Waals surface area contributed by atoms with Crippen LogP contribution in [0.4, 0.5) is 5.69 Å². The van der Waals surface area contributed by atoms with E-state index in [-0.39, 0.29) is 0 Å². The minimum atomic E-state index is 0.391. The summed E-state index contributed by atoms with van der Waals surface area (Å²) in [4.78, 5) is 3.94. The number of likely N-dealkylation sites (tertiary alicyclic amines) is 1. The zero-order chi connectivity index (χ0) is 16.1. The van der Waals surface area contributed by atoms with Gasteiger partial charge in [-0.3, -0.25) is 4.90 Å². The van der Waals surface area contributed by atoms with Gasteiger partial charge in [-0.15, -0.1) is 11.3 Å². The molecule has 1 atom stereocenters. The molecule has 1 saturated heterocycles. The second-order valence-electron chi connectivity index (χ2n) is 5.62. The average Bonchev–Trinajstić information content (AvgIpc) is 3.24. The van der Waals surface area contributed by atoms with Gasteiger partial charge in [0.2, 0.25) is 0 Å². The van der Waals surface area contributed by atoms with E-state index in [1.165, 1.54) is 30.8 Å². The van der Waals surface area contributed by atoms with Crippen LogP contribution in [0.3, 0.4) is 0 Å². The van der Waals surface area contributed by atoms with Gasteiger partial charge in [0.25, 0.3) is 0 Å². The summed E-state index contributed by atoms with van der Waals surface area (Å²) in [5, 5.41) is 10.1. The molecule has 0 saturated carbocycles. The number of halogens is 1. The van der Waals surface area contributed by atoms with Gasteiger partial charge in [0.15, 0.2) is 5.11 Å². The lowest BCUT2D eigenvalue weighted by Crippen LogP contribution is -2.38. The Bertz CT molecular complexity index is 622. The summed E-state index contributed by atoms with van der Waals surface area (Å²) in [6.07, 6.45) is 2.57. The maximum absolute atomic E-state index is 5.90. The van der Waals surface area contributed by atoms with Gasteiger partial charge in [0.1, 0.15) is 0 Å². The van der Waals surface area contributed by atoms with E-state index in [0.29, 0.717) is 11.2 Å². The first-order valence-corrected chi connectivity index (χ1v) is 9.47. The van der Waals surface area contributed by atoms with Crippen LogP contribution in [0.2, 0.25) is 5.02 Å². The number of hydrogen-bond donors (Lipinski definition) is 2. The van der Waals surface area contributed by atoms with Crippen molar-refractivity contribution in [1.29, 1.82) is 0 Å². The summed E-state index contributed by atoms with van der Waals surface area (Å²) >= 11 is 13.1. The van der Waals surface area contributed by atoms with Crippen molar-refractivity contribution >= 4 is 46.0 Å². The Morgan fingerprint density at radius 3 is 2.61 bits per heavy atom. The Hall–Kier alpha value is -1.14. The number of nitrogens with zero attached hydrogens (tertiary/aromatic N) is 1. The fourth-order valence-corrected chi connectivity index (χ4v) is 4.03. The van der Waals surface area contributed by atoms with Crippen LogP contribution < -0.4 is 10.6 Å². The molecular weight excluding hydrogens is 346 g/mol. The van der Waals surface area contributed by atoms with Gasteiger partial charge in [0, 0.05) is 22.1 Å². The molecule has 1 aromatic carbocycles. The van der Waals surface area contributed by atoms with E-state index in [1.54, 1.807) is 0 Å². The molecule has 1 fully saturated rings. The van der Waals surface area contributed by atoms with Gasteiger partial charge >= 0.3 is 0 Å². The molecule has 6 heteroatoms. The normalized spacial score (nSPS) is 16.2. The van der Waals surface area contributed by atoms with Crippen molar-refractivity contribution in [3.63, 3.8) is 0 Å². The molecule has 0 aliphatic carbocycles. The maximum Gasteiger partial charge on any atom is 0.170 e. The largest absolute Gasteiger partial charge is 0.360 e. The molecule has 1 aliphatic rings. The van der Waals surface area contributed by atoms with Crippen molar-refractivity contribution < 1.29 is 0 Å². The van der Waals surface area contributed by atoms with Crippen LogP contribution in [0, 0.1) is 0 Å². The maximum atomic E-state index is 5.90. The molecule has 0 amide bonds. The Balaban J connectivity index is 1.57. The fourth-order valence-electron chi connectivity index (χ4n) is 2.84. The Labute approximate surface area is 151 Å². The predicted octanol–water partition coefficient (Wildman–Crippen LogP) is 4.53. The lowest BCUT2D eigenvalue weighted by Gasteiger charge is -2.27. The predicted molar refractivity (Wildman–Crippen MR) is 104 cm³/mol. The smallest absolute Gasteiger partial charge is 0.170 e. The first-order valence-electron chi connectivity index (χ1n) is 7.80. The van der Waals surface area contributed by atoms with Crippen LogP contribution >= 0.6 is 35.2 Å². The molecule has 0 spiro atoms. The summed E-state index contributed by atoms with van der Waals surface area (Å²) < 4.78 is 0. The van der Waals surface area contributed by atoms with Crippen LogP contribution in [0.5, 0.6) is 0 Å². The van der Waals surface area contributed by atoms with E-state index in [1.807, 2.05) is 35.6 Å². The number of anilines is 1. The van der Waals surface area contributed by atoms with Crippen molar-refractivity contribution in [3.8, 4) is 0 Å².